The number of rotatable bonds is 7. The second-order valence-electron chi connectivity index (χ2n) is 2.17. The molecule has 11 heavy (non-hydrogen) atoms. The molecule has 0 unspecified atom stereocenters. The Morgan fingerprint density at radius 2 is 1.73 bits per heavy atom. The zero-order valence-corrected chi connectivity index (χ0v) is 9.22. The first-order valence-corrected chi connectivity index (χ1v) is 6.43. The molecule has 4 heteroatoms. The van der Waals surface area contributed by atoms with Gasteiger partial charge in [-0.25, -0.2) is 0 Å². The number of halogens is 1. The van der Waals surface area contributed by atoms with Crippen LogP contribution in [0.2, 0.25) is 6.04 Å². The monoisotopic (exact) mass is 196 g/mol. The predicted molar refractivity (Wildman–Crippen MR) is 50.5 cm³/mol. The molecule has 0 aliphatic rings. The van der Waals surface area contributed by atoms with Crippen LogP contribution in [0.25, 0.3) is 0 Å². The minimum Gasteiger partial charge on any atom is -0.397 e. The van der Waals surface area contributed by atoms with E-state index < -0.39 is 9.28 Å². The zero-order valence-electron chi connectivity index (χ0n) is 7.31. The Labute approximate surface area is 75.7 Å². The van der Waals surface area contributed by atoms with Crippen LogP contribution in [-0.4, -0.2) is 28.4 Å². The SMILES string of the molecule is CCO[SiH](CCCCl)OCC. The van der Waals surface area contributed by atoms with Gasteiger partial charge in [0.25, 0.3) is 0 Å². The van der Waals surface area contributed by atoms with Gasteiger partial charge >= 0.3 is 9.28 Å². The first-order chi connectivity index (χ1) is 5.35. The van der Waals surface area contributed by atoms with Gasteiger partial charge in [-0.3, -0.25) is 0 Å². The molecule has 0 aromatic carbocycles. The molecule has 2 nitrogen and oxygen atoms in total. The van der Waals surface area contributed by atoms with E-state index in [4.69, 9.17) is 20.5 Å². The van der Waals surface area contributed by atoms with E-state index in [1.807, 2.05) is 13.8 Å². The maximum Gasteiger partial charge on any atom is 0.321 e. The summed E-state index contributed by atoms with van der Waals surface area (Å²) in [7, 11) is -1.34. The van der Waals surface area contributed by atoms with Crippen LogP contribution in [0, 0.1) is 0 Å². The normalized spacial score (nSPS) is 10.9. The lowest BCUT2D eigenvalue weighted by molar-refractivity contribution is 0.213. The highest BCUT2D eigenvalue weighted by Gasteiger charge is 2.10. The average Bonchev–Trinajstić information content (AvgIpc) is 2.01. The van der Waals surface area contributed by atoms with Crippen molar-refractivity contribution in [3.8, 4) is 0 Å². The summed E-state index contributed by atoms with van der Waals surface area (Å²) in [4.78, 5) is 0. The zero-order chi connectivity index (χ0) is 8.53. The highest BCUT2D eigenvalue weighted by molar-refractivity contribution is 6.44. The maximum atomic E-state index is 5.56. The van der Waals surface area contributed by atoms with Gasteiger partial charge < -0.3 is 8.85 Å². The molecular weight excluding hydrogens is 180 g/mol. The van der Waals surface area contributed by atoms with Gasteiger partial charge in [-0.2, -0.15) is 0 Å². The molecule has 68 valence electrons. The number of alkyl halides is 1. The minimum atomic E-state index is -1.34. The van der Waals surface area contributed by atoms with Crippen LogP contribution in [0.5, 0.6) is 0 Å². The van der Waals surface area contributed by atoms with Crippen molar-refractivity contribution < 1.29 is 8.85 Å². The molecule has 0 aromatic rings. The maximum absolute atomic E-state index is 5.56. The second-order valence-corrected chi connectivity index (χ2v) is 4.65. The van der Waals surface area contributed by atoms with E-state index in [1.54, 1.807) is 0 Å². The Bertz CT molecular complexity index is 76.8. The van der Waals surface area contributed by atoms with Gasteiger partial charge in [-0.05, 0) is 26.3 Å². The van der Waals surface area contributed by atoms with Crippen molar-refractivity contribution in [1.29, 1.82) is 0 Å². The molecule has 0 amide bonds. The first-order valence-electron chi connectivity index (χ1n) is 4.14. The molecule has 0 saturated heterocycles. The largest absolute Gasteiger partial charge is 0.397 e. The van der Waals surface area contributed by atoms with E-state index in [0.717, 1.165) is 25.7 Å². The van der Waals surface area contributed by atoms with E-state index >= 15 is 0 Å². The van der Waals surface area contributed by atoms with Crippen LogP contribution in [0.15, 0.2) is 0 Å². The van der Waals surface area contributed by atoms with Crippen LogP contribution >= 0.6 is 11.6 Å². The Morgan fingerprint density at radius 3 is 2.09 bits per heavy atom. The highest BCUT2D eigenvalue weighted by Crippen LogP contribution is 2.02. The summed E-state index contributed by atoms with van der Waals surface area (Å²) < 4.78 is 10.9. The third-order valence-electron chi connectivity index (χ3n) is 1.28. The molecule has 0 aromatic heterocycles. The standard InChI is InChI=1S/C7H17ClO2Si/c1-3-9-11(10-4-2)7-5-6-8/h11H,3-7H2,1-2H3. The van der Waals surface area contributed by atoms with Crippen LogP contribution in [0.3, 0.4) is 0 Å². The third kappa shape index (κ3) is 6.81. The van der Waals surface area contributed by atoms with Gasteiger partial charge in [0.15, 0.2) is 0 Å². The van der Waals surface area contributed by atoms with Gasteiger partial charge in [0.05, 0.1) is 0 Å². The molecule has 0 bridgehead atoms. The van der Waals surface area contributed by atoms with Crippen LogP contribution in [-0.2, 0) is 8.85 Å². The van der Waals surface area contributed by atoms with Crippen molar-refractivity contribution in [3.63, 3.8) is 0 Å². The summed E-state index contributed by atoms with van der Waals surface area (Å²) in [6.07, 6.45) is 1.01. The van der Waals surface area contributed by atoms with Gasteiger partial charge in [-0.1, -0.05) is 0 Å². The van der Waals surface area contributed by atoms with E-state index in [0.29, 0.717) is 5.88 Å². The summed E-state index contributed by atoms with van der Waals surface area (Å²) in [5.41, 5.74) is 0. The minimum absolute atomic E-state index is 0.712. The summed E-state index contributed by atoms with van der Waals surface area (Å²) in [6, 6.07) is 1.03. The molecule has 0 saturated carbocycles. The fourth-order valence-electron chi connectivity index (χ4n) is 0.830. The number of hydrogen-bond acceptors (Lipinski definition) is 2. The third-order valence-corrected chi connectivity index (χ3v) is 3.84. The van der Waals surface area contributed by atoms with Crippen molar-refractivity contribution in [2.75, 3.05) is 19.1 Å². The quantitative estimate of drug-likeness (QED) is 0.458. The smallest absolute Gasteiger partial charge is 0.321 e. The lowest BCUT2D eigenvalue weighted by Crippen LogP contribution is -2.22. The molecule has 0 N–H and O–H groups in total. The fourth-order valence-corrected chi connectivity index (χ4v) is 2.95. The fraction of sp³-hybridized carbons (Fsp3) is 1.00. The molecule has 0 rings (SSSR count). The van der Waals surface area contributed by atoms with Gasteiger partial charge in [0, 0.05) is 19.1 Å². The number of hydrogen-bond donors (Lipinski definition) is 0. The van der Waals surface area contributed by atoms with E-state index in [-0.39, 0.29) is 0 Å². The lowest BCUT2D eigenvalue weighted by Gasteiger charge is -2.13. The van der Waals surface area contributed by atoms with E-state index in [9.17, 15) is 0 Å². The molecule has 0 heterocycles. The van der Waals surface area contributed by atoms with Crippen LogP contribution < -0.4 is 0 Å². The summed E-state index contributed by atoms with van der Waals surface area (Å²) in [5, 5.41) is 0. The van der Waals surface area contributed by atoms with Gasteiger partial charge in [-0.15, -0.1) is 11.6 Å². The molecule has 0 spiro atoms. The van der Waals surface area contributed by atoms with Crippen molar-refractivity contribution in [2.24, 2.45) is 0 Å². The summed E-state index contributed by atoms with van der Waals surface area (Å²) in [5.74, 6) is 0.712. The second kappa shape index (κ2) is 8.52. The van der Waals surface area contributed by atoms with Gasteiger partial charge in [0.1, 0.15) is 0 Å². The lowest BCUT2D eigenvalue weighted by atomic mass is 10.6. The average molecular weight is 197 g/mol. The predicted octanol–water partition coefficient (Wildman–Crippen LogP) is 1.91. The van der Waals surface area contributed by atoms with Crippen LogP contribution in [0.4, 0.5) is 0 Å². The van der Waals surface area contributed by atoms with Crippen LogP contribution in [0.1, 0.15) is 20.3 Å². The topological polar surface area (TPSA) is 18.5 Å². The highest BCUT2D eigenvalue weighted by atomic mass is 35.5. The summed E-state index contributed by atoms with van der Waals surface area (Å²) in [6.45, 7) is 5.53. The van der Waals surface area contributed by atoms with Crippen molar-refractivity contribution >= 4 is 20.9 Å². The van der Waals surface area contributed by atoms with Gasteiger partial charge in [0.2, 0.25) is 0 Å². The molecule has 0 fully saturated rings. The van der Waals surface area contributed by atoms with Crippen molar-refractivity contribution in [3.05, 3.63) is 0 Å². The Hall–Kier alpha value is 0.427. The molecule has 0 aliphatic carbocycles. The first kappa shape index (κ1) is 11.4. The Balaban J connectivity index is 3.34. The molecule has 0 atom stereocenters. The Kier molecular flexibility index (Phi) is 8.85. The Morgan fingerprint density at radius 1 is 1.18 bits per heavy atom. The summed E-state index contributed by atoms with van der Waals surface area (Å²) >= 11 is 5.56. The molecule has 0 aliphatic heterocycles. The van der Waals surface area contributed by atoms with E-state index in [1.165, 1.54) is 0 Å². The van der Waals surface area contributed by atoms with E-state index in [2.05, 4.69) is 0 Å². The molecule has 0 radical (unpaired) electrons. The van der Waals surface area contributed by atoms with Crippen molar-refractivity contribution in [2.45, 2.75) is 26.3 Å². The van der Waals surface area contributed by atoms with Crippen molar-refractivity contribution in [1.82, 2.24) is 0 Å². The molecular formula is C7H17ClO2Si.